The molecule has 37 nitrogen and oxygen atoms in total. The maximum absolute atomic E-state index is 14.6. The monoisotopic (exact) mass is 1860 g/mol. The first kappa shape index (κ1) is 96.3. The van der Waals surface area contributed by atoms with E-state index in [9.17, 15) is 61.2 Å². The van der Waals surface area contributed by atoms with Gasteiger partial charge in [0.05, 0.1) is 177 Å². The van der Waals surface area contributed by atoms with Crippen LogP contribution in [0.15, 0.2) is 161 Å². The number of ketones is 3. The molecule has 2 amide bonds. The van der Waals surface area contributed by atoms with Crippen molar-refractivity contribution in [2.45, 2.75) is 139 Å². The van der Waals surface area contributed by atoms with Crippen molar-refractivity contribution in [3.8, 4) is 40.2 Å². The molecule has 5 aliphatic rings. The fraction of sp³-hybridized carbons (Fsp3) is 0.419. The Kier molecular flexibility index (Phi) is 33.2. The van der Waals surface area contributed by atoms with E-state index in [1.807, 2.05) is 42.8 Å². The summed E-state index contributed by atoms with van der Waals surface area (Å²) in [6.07, 6.45) is -0.195. The number of ether oxygens (including phenoxy) is 13. The number of aryl methyl sites for hydroxylation is 2. The summed E-state index contributed by atoms with van der Waals surface area (Å²) in [4.78, 5) is 85.7. The van der Waals surface area contributed by atoms with Crippen LogP contribution in [0.4, 0.5) is 11.4 Å². The second kappa shape index (κ2) is 45.6. The molecule has 5 aliphatic heterocycles. The molecule has 1 fully saturated rings. The Labute approximate surface area is 762 Å². The maximum atomic E-state index is 14.6. The molecule has 702 valence electrons. The SMILES string of the molecule is COc1cc2c(cc1OCc1cc(COc3cc4c(cc3OC)C(=O)N3Cc5ncn(C)c5C[C@H]3C=N4)cc(OS(=O)(=O)Oc3cc(C(=O)CCCOCCOCCOCCn4cc(COCCOCCOCCOCCCC(=O)c5ccc(C(=O)CCS(=O)(=O)c6ccc(C)cc6)cc5)nn4)ccc3OC3O[C@H](CO)[C@H](O)[C@H](O)[C@H]3O)c1)N=C[C@@H]1Cc3ccccc3CN1C2=O. The van der Waals surface area contributed by atoms with Gasteiger partial charge in [0.25, 0.3) is 11.8 Å². The number of aromatic nitrogens is 5. The highest BCUT2D eigenvalue weighted by Crippen LogP contribution is 2.43. The van der Waals surface area contributed by atoms with Crippen molar-refractivity contribution in [1.29, 1.82) is 0 Å². The average molecular weight is 1860 g/mol. The van der Waals surface area contributed by atoms with Crippen LogP contribution in [-0.4, -0.2) is 268 Å². The van der Waals surface area contributed by atoms with E-state index in [0.29, 0.717) is 125 Å². The topological polar surface area (TPSA) is 453 Å². The van der Waals surface area contributed by atoms with Gasteiger partial charge >= 0.3 is 10.4 Å². The number of benzene rings is 7. The molecule has 7 atom stereocenters. The van der Waals surface area contributed by atoms with Gasteiger partial charge in [-0.2, -0.15) is 0 Å². The molecule has 132 heavy (non-hydrogen) atoms. The van der Waals surface area contributed by atoms with Crippen molar-refractivity contribution >= 4 is 73.2 Å². The summed E-state index contributed by atoms with van der Waals surface area (Å²) >= 11 is 0. The summed E-state index contributed by atoms with van der Waals surface area (Å²) in [5.74, 6) is -2.46. The molecule has 0 aliphatic carbocycles. The van der Waals surface area contributed by atoms with Crippen LogP contribution >= 0.6 is 0 Å². The van der Waals surface area contributed by atoms with Crippen molar-refractivity contribution < 1.29 is 131 Å². The third-order valence-electron chi connectivity index (χ3n) is 22.5. The van der Waals surface area contributed by atoms with Crippen LogP contribution in [-0.2, 0) is 117 Å². The molecular formula is C93H105N9O28S2. The standard InChI is InChI=1S/C93H105N9O28S2/c1-59-13-20-71(21-14-59)131(112,113)38-23-80(106)63-17-15-62(16-18-63)78(104)11-7-25-118-29-32-122-34-35-123-36-37-124-57-67-52-100(98-97-67)24-27-120-30-33-121-31-28-119-26-8-12-79(105)65-19-22-81(127-93-90(109)89(108)88(107)87(54-103)128-93)86(43-65)130-132(114,115)129-70-40-60(55-125-84-47-74-72(45-82(84)116-3)91(110)101-51-66-10-6-5-9-64(66)42-68(101)49-94-74)39-61(41-70)56-126-85-48-75-73(46-83(85)117-4)92(111)102-53-76-77(99(2)58-96-76)44-69(102)50-95-75/h5-6,9-10,13-22,39-41,43,45-50,52,58,68-69,87-90,93,103,107-109H,7-8,11-12,23-38,42,44,51,53-57H2,1-4H3/t68-,69-,87+,88-,89-,90+,93?/m0/s1. The molecule has 7 aromatic carbocycles. The zero-order chi connectivity index (χ0) is 92.8. The Bertz CT molecular complexity index is 5830. The molecule has 0 saturated carbocycles. The van der Waals surface area contributed by atoms with Crippen molar-refractivity contribution in [2.75, 3.05) is 112 Å². The number of rotatable bonds is 50. The number of aliphatic imine (C=N–C) groups is 2. The number of Topliss-reactive ketones (excluding diaryl/α,β-unsaturated/α-hetero) is 3. The van der Waals surface area contributed by atoms with E-state index in [2.05, 4.69) is 15.3 Å². The van der Waals surface area contributed by atoms with E-state index in [-0.39, 0.29) is 177 Å². The quantitative estimate of drug-likeness (QED) is 0.0207. The highest BCUT2D eigenvalue weighted by atomic mass is 32.3. The number of hydrogen-bond acceptors (Lipinski definition) is 33. The highest BCUT2D eigenvalue weighted by molar-refractivity contribution is 7.91. The number of carbonyl (C=O) groups excluding carboxylic acids is 5. The second-order valence-corrected chi connectivity index (χ2v) is 35.0. The van der Waals surface area contributed by atoms with E-state index in [0.717, 1.165) is 34.1 Å². The lowest BCUT2D eigenvalue weighted by Crippen LogP contribution is -2.60. The van der Waals surface area contributed by atoms with Crippen LogP contribution in [0.5, 0.6) is 40.2 Å². The van der Waals surface area contributed by atoms with Crippen LogP contribution < -0.4 is 32.1 Å². The van der Waals surface area contributed by atoms with Gasteiger partial charge in [-0.3, -0.25) is 34.0 Å². The number of nitrogens with zero attached hydrogens (tertiary/aromatic N) is 9. The number of fused-ring (bicyclic) bond motifs is 6. The fourth-order valence-electron chi connectivity index (χ4n) is 15.3. The molecule has 0 spiro atoms. The van der Waals surface area contributed by atoms with E-state index < -0.39 is 74.8 Å². The number of amides is 2. The van der Waals surface area contributed by atoms with E-state index in [1.165, 1.54) is 50.6 Å². The van der Waals surface area contributed by atoms with Crippen LogP contribution in [0.2, 0.25) is 0 Å². The minimum Gasteiger partial charge on any atom is -0.493 e. The van der Waals surface area contributed by atoms with Gasteiger partial charge in [-0.05, 0) is 109 Å². The van der Waals surface area contributed by atoms with E-state index >= 15 is 0 Å². The molecular weight excluding hydrogens is 1760 g/mol. The van der Waals surface area contributed by atoms with Crippen LogP contribution in [0, 0.1) is 6.92 Å². The van der Waals surface area contributed by atoms with Gasteiger partial charge < -0.3 is 105 Å². The third-order valence-corrected chi connectivity index (χ3v) is 25.0. The van der Waals surface area contributed by atoms with Crippen LogP contribution in [0.1, 0.15) is 129 Å². The smallest absolute Gasteiger partial charge is 0.493 e. The number of aliphatic hydroxyl groups is 4. The molecule has 9 aromatic rings. The number of aliphatic hydroxyl groups excluding tert-OH is 4. The molecule has 14 rings (SSSR count). The van der Waals surface area contributed by atoms with Gasteiger partial charge in [-0.1, -0.05) is 71.4 Å². The Morgan fingerprint density at radius 1 is 0.530 bits per heavy atom. The van der Waals surface area contributed by atoms with Gasteiger partial charge in [-0.15, -0.1) is 13.5 Å². The number of sulfone groups is 1. The summed E-state index contributed by atoms with van der Waals surface area (Å²) in [6.45, 7) is 5.62. The number of imidazole rings is 1. The zero-order valence-corrected chi connectivity index (χ0v) is 74.9. The first-order chi connectivity index (χ1) is 63.9. The minimum absolute atomic E-state index is 0.0552. The first-order valence-corrected chi connectivity index (χ1v) is 46.1. The Morgan fingerprint density at radius 2 is 1.07 bits per heavy atom. The number of hydrogen-bond donors (Lipinski definition) is 4. The largest absolute Gasteiger partial charge is 0.501 e. The minimum atomic E-state index is -5.31. The molecule has 1 unspecified atom stereocenters. The second-order valence-electron chi connectivity index (χ2n) is 31.8. The predicted octanol–water partition coefficient (Wildman–Crippen LogP) is 7.93. The van der Waals surface area contributed by atoms with Crippen molar-refractivity contribution in [1.82, 2.24) is 34.3 Å². The summed E-state index contributed by atoms with van der Waals surface area (Å²) in [7, 11) is -4.19. The lowest BCUT2D eigenvalue weighted by Gasteiger charge is -2.39. The summed E-state index contributed by atoms with van der Waals surface area (Å²) in [5, 5.41) is 50.6. The maximum Gasteiger partial charge on any atom is 0.501 e. The normalized spacial score (nSPS) is 18.0. The first-order valence-electron chi connectivity index (χ1n) is 43.1. The molecule has 0 radical (unpaired) electrons. The van der Waals surface area contributed by atoms with Crippen LogP contribution in [0.25, 0.3) is 0 Å². The van der Waals surface area contributed by atoms with Crippen molar-refractivity contribution in [3.05, 3.63) is 219 Å². The average Bonchev–Trinajstić information content (AvgIpc) is 1.60. The highest BCUT2D eigenvalue weighted by Gasteiger charge is 2.46. The van der Waals surface area contributed by atoms with Crippen molar-refractivity contribution in [3.63, 3.8) is 0 Å². The fourth-order valence-corrected chi connectivity index (χ4v) is 17.3. The van der Waals surface area contributed by atoms with Crippen LogP contribution in [0.3, 0.4) is 0 Å². The molecule has 2 aromatic heterocycles. The summed E-state index contributed by atoms with van der Waals surface area (Å²) in [5.41, 5.74) is 8.01. The lowest BCUT2D eigenvalue weighted by molar-refractivity contribution is -0.277. The Morgan fingerprint density at radius 3 is 1.66 bits per heavy atom. The Balaban J connectivity index is 0.518. The molecule has 39 heteroatoms. The number of carbonyl (C=O) groups is 5. The van der Waals surface area contributed by atoms with Gasteiger partial charge in [-0.25, -0.2) is 18.1 Å². The molecule has 4 N–H and O–H groups in total. The predicted molar refractivity (Wildman–Crippen MR) is 473 cm³/mol. The van der Waals surface area contributed by atoms with Gasteiger partial charge in [0, 0.05) is 99.4 Å². The van der Waals surface area contributed by atoms with E-state index in [4.69, 9.17) is 79.9 Å². The van der Waals surface area contributed by atoms with Gasteiger partial charge in [0.1, 0.15) is 49.1 Å². The van der Waals surface area contributed by atoms with Crippen molar-refractivity contribution in [2.24, 2.45) is 17.0 Å². The molecule has 7 heterocycles. The molecule has 0 bridgehead atoms. The zero-order valence-electron chi connectivity index (χ0n) is 73.3. The third kappa shape index (κ3) is 25.1. The van der Waals surface area contributed by atoms with Gasteiger partial charge in [0.2, 0.25) is 6.29 Å². The Hall–Kier alpha value is -11.8. The molecule has 1 saturated heterocycles. The lowest BCUT2D eigenvalue weighted by atomic mass is 9.94. The summed E-state index contributed by atoms with van der Waals surface area (Å²) in [6, 6.07) is 34.1. The van der Waals surface area contributed by atoms with Gasteiger partial charge in [0.15, 0.2) is 61.7 Å². The number of methoxy groups -OCH3 is 2. The van der Waals surface area contributed by atoms with E-state index in [1.54, 1.807) is 106 Å². The summed E-state index contributed by atoms with van der Waals surface area (Å²) < 4.78 is 145.